The Kier molecular flexibility index (Phi) is 51.1. The van der Waals surface area contributed by atoms with Crippen LogP contribution >= 0.6 is 0 Å². The van der Waals surface area contributed by atoms with Crippen LogP contribution in [0.2, 0.25) is 0 Å². The Morgan fingerprint density at radius 1 is 0.248 bits per heavy atom. The summed E-state index contributed by atoms with van der Waals surface area (Å²) in [6.07, 6.45) is 33.7. The minimum absolute atomic E-state index is 0.747. The first-order valence-corrected chi connectivity index (χ1v) is 36.8. The van der Waals surface area contributed by atoms with E-state index >= 15 is 0 Å². The van der Waals surface area contributed by atoms with Gasteiger partial charge in [0.2, 0.25) is 0 Å². The summed E-state index contributed by atoms with van der Waals surface area (Å²) in [5.74, 6) is 6.67. The van der Waals surface area contributed by atoms with Gasteiger partial charge in [0.25, 0.3) is 0 Å². The topological polar surface area (TPSA) is 102 Å². The van der Waals surface area contributed by atoms with Crippen molar-refractivity contribution < 1.29 is 52.1 Å². The number of hydrogen-bond acceptors (Lipinski definition) is 11. The van der Waals surface area contributed by atoms with Crippen LogP contribution in [0.25, 0.3) is 30.4 Å². The van der Waals surface area contributed by atoms with Crippen LogP contribution in [0.3, 0.4) is 0 Å². The van der Waals surface area contributed by atoms with E-state index in [9.17, 15) is 0 Å². The fraction of sp³-hybridized carbons (Fsp3) is 0.422. The van der Waals surface area contributed by atoms with E-state index in [0.717, 1.165) is 192 Å². The molecule has 0 unspecified atom stereocenters. The summed E-state index contributed by atoms with van der Waals surface area (Å²) < 4.78 is 58.6. The summed E-state index contributed by atoms with van der Waals surface area (Å²) >= 11 is 0. The molecule has 101 heavy (non-hydrogen) atoms. The number of fused-ring (bicyclic) bond motifs is 2. The predicted molar refractivity (Wildman–Crippen MR) is 427 cm³/mol. The van der Waals surface area contributed by atoms with E-state index in [-0.39, 0.29) is 0 Å². The van der Waals surface area contributed by atoms with Crippen LogP contribution in [-0.2, 0) is 44.6 Å². The van der Waals surface area contributed by atoms with Crippen LogP contribution in [0, 0.1) is 0 Å². The average Bonchev–Trinajstić information content (AvgIpc) is 1.03. The lowest BCUT2D eigenvalue weighted by atomic mass is 9.89. The number of hydrogen-bond donors (Lipinski definition) is 0. The fourth-order valence-corrected chi connectivity index (χ4v) is 9.86. The largest absolute Gasteiger partial charge is 0.497 e. The van der Waals surface area contributed by atoms with Gasteiger partial charge in [0.05, 0.1) is 46.8 Å². The van der Waals surface area contributed by atoms with Gasteiger partial charge in [-0.1, -0.05) is 188 Å². The zero-order valence-electron chi connectivity index (χ0n) is 62.8. The highest BCUT2D eigenvalue weighted by Crippen LogP contribution is 2.28. The second-order valence-corrected chi connectivity index (χ2v) is 24.3. The summed E-state index contributed by atoms with van der Waals surface area (Å²) in [5.41, 5.74) is 11.5. The minimum Gasteiger partial charge on any atom is -0.497 e. The number of benzene rings is 7. The van der Waals surface area contributed by atoms with Crippen LogP contribution in [-0.4, -0.2) is 102 Å². The second-order valence-electron chi connectivity index (χ2n) is 24.3. The molecule has 7 aromatic rings. The van der Waals surface area contributed by atoms with Crippen LogP contribution in [0.4, 0.5) is 0 Å². The van der Waals surface area contributed by atoms with Crippen molar-refractivity contribution in [3.8, 4) is 40.2 Å². The van der Waals surface area contributed by atoms with Crippen LogP contribution in [0.5, 0.6) is 40.2 Å². The number of rotatable bonds is 43. The predicted octanol–water partition coefficient (Wildman–Crippen LogP) is 22.8. The number of aryl methyl sites for hydroxylation is 4. The molecule has 0 spiro atoms. The summed E-state index contributed by atoms with van der Waals surface area (Å²) in [6.45, 7) is 30.9. The van der Waals surface area contributed by atoms with E-state index in [1.807, 2.05) is 158 Å². The van der Waals surface area contributed by atoms with Crippen molar-refractivity contribution in [2.75, 3.05) is 102 Å². The first-order valence-electron chi connectivity index (χ1n) is 36.8. The Morgan fingerprint density at radius 3 is 0.842 bits per heavy atom. The van der Waals surface area contributed by atoms with Crippen LogP contribution in [0.15, 0.2) is 191 Å². The van der Waals surface area contributed by atoms with Gasteiger partial charge in [-0.05, 0) is 231 Å². The van der Waals surface area contributed by atoms with Gasteiger partial charge in [0, 0.05) is 54.9 Å². The molecule has 0 aliphatic heterocycles. The van der Waals surface area contributed by atoms with E-state index in [4.69, 9.17) is 52.1 Å². The lowest BCUT2D eigenvalue weighted by molar-refractivity contribution is 0.184. The molecule has 0 aromatic heterocycles. The summed E-state index contributed by atoms with van der Waals surface area (Å²) in [4.78, 5) is 0. The molecule has 7 aromatic carbocycles. The average molecular weight is 1380 g/mol. The molecule has 0 saturated carbocycles. The maximum Gasteiger partial charge on any atom is 0.119 e. The van der Waals surface area contributed by atoms with E-state index in [2.05, 4.69) is 77.1 Å². The van der Waals surface area contributed by atoms with Gasteiger partial charge >= 0.3 is 0 Å². The molecule has 0 atom stereocenters. The van der Waals surface area contributed by atoms with E-state index in [1.165, 1.54) is 99.3 Å². The van der Waals surface area contributed by atoms with Crippen molar-refractivity contribution in [3.05, 3.63) is 241 Å². The highest BCUT2D eigenvalue weighted by Gasteiger charge is 2.14. The maximum absolute atomic E-state index is 5.70. The molecule has 0 saturated heterocycles. The molecule has 11 nitrogen and oxygen atoms in total. The molecule has 550 valence electrons. The lowest BCUT2D eigenvalue weighted by Crippen LogP contribution is -2.08. The number of unbranched alkanes of at least 4 members (excludes halogenated alkanes) is 11. The van der Waals surface area contributed by atoms with Crippen molar-refractivity contribution in [2.24, 2.45) is 0 Å². The first kappa shape index (κ1) is 86.9. The third-order valence-electron chi connectivity index (χ3n) is 16.3. The van der Waals surface area contributed by atoms with E-state index in [0.29, 0.717) is 0 Å². The van der Waals surface area contributed by atoms with E-state index < -0.39 is 0 Å². The highest BCUT2D eigenvalue weighted by atomic mass is 16.5. The normalized spacial score (nSPS) is 10.8. The molecule has 0 radical (unpaired) electrons. The molecule has 11 heteroatoms. The summed E-state index contributed by atoms with van der Waals surface area (Å²) in [5, 5.41) is 0. The Balaban J connectivity index is 0.000000308. The van der Waals surface area contributed by atoms with Gasteiger partial charge in [0.15, 0.2) is 0 Å². The van der Waals surface area contributed by atoms with Crippen LogP contribution in [0.1, 0.15) is 173 Å². The van der Waals surface area contributed by atoms with Crippen molar-refractivity contribution in [2.45, 2.75) is 149 Å². The molecular weight excluding hydrogens is 1260 g/mol. The molecule has 9 rings (SSSR count). The number of methoxy groups -OCH3 is 5. The zero-order valence-corrected chi connectivity index (χ0v) is 62.8. The lowest BCUT2D eigenvalue weighted by Gasteiger charge is -2.19. The minimum atomic E-state index is 0.747. The Morgan fingerprint density at radius 2 is 0.525 bits per heavy atom. The maximum atomic E-state index is 5.70. The quantitative estimate of drug-likeness (QED) is 0.0342. The third kappa shape index (κ3) is 41.9. The summed E-state index contributed by atoms with van der Waals surface area (Å²) in [7, 11) is 8.67. The molecule has 0 heterocycles. The van der Waals surface area contributed by atoms with Gasteiger partial charge in [-0.3, -0.25) is 0 Å². The Labute approximate surface area is 610 Å². The standard InChI is InChI=1S/C17H26O2.C15H22O2.2C13H18O2.C12H16O.C11H14O.C9H10O/c1-3-16-10-12-17(13-11-16)19-15-9-7-5-4-6-8-14-18-2;1-3-14-9-8-10-15(13-14)17-12-7-5-4-6-11-16-2;1-14-8-2-3-9-15-13-7-6-11-4-5-12(11)10-13;1-3-12-6-8-13(9-7-12)15-11-5-4-10-14-2;1-3-5-10-13-12-8-6-11(4-2)7-9-12;1-3-9-12-11-7-5-10(4-2)6-8-11;1-10-9-5-4-7-2-3-8(7)6-9/h3,10-13H,1,4-9,14-15H2,2H3;3,8-10,13H,1,4-7,11-12H2,2H3;6-7,10H,2-5,8-9H2,1H3;3,6-9H,1,4-5,10-11H2,2H3;4,6-9H,2-3,5,10H2,1H3;4-8H,2-3,9H2,1H3;4-6H,2-3H2,1H3. The summed E-state index contributed by atoms with van der Waals surface area (Å²) in [6, 6.07) is 52.6. The zero-order chi connectivity index (χ0) is 72.9. The van der Waals surface area contributed by atoms with Gasteiger partial charge in [0.1, 0.15) is 40.2 Å². The first-order chi connectivity index (χ1) is 49.6. The molecule has 0 bridgehead atoms. The Hall–Kier alpha value is -8.32. The SMILES string of the molecule is C=Cc1ccc(OCCC)cc1.C=Cc1ccc(OCCCC)cc1.C=Cc1ccc(OCCCCCCCCOC)cc1.C=Cc1ccc(OCCCCOC)cc1.C=Cc1cccc(OCCCCCCOC)c1.COCCCCOc1ccc2c(c1)CC2.COc1ccc2c(c1)CC2. The van der Waals surface area contributed by atoms with Crippen LogP contribution < -0.4 is 33.2 Å². The highest BCUT2D eigenvalue weighted by molar-refractivity contribution is 5.52. The van der Waals surface area contributed by atoms with Crippen molar-refractivity contribution in [1.82, 2.24) is 0 Å². The molecule has 2 aliphatic carbocycles. The molecule has 0 amide bonds. The van der Waals surface area contributed by atoms with Gasteiger partial charge < -0.3 is 52.1 Å². The van der Waals surface area contributed by atoms with Crippen molar-refractivity contribution >= 4 is 30.4 Å². The van der Waals surface area contributed by atoms with Gasteiger partial charge in [-0.25, -0.2) is 0 Å². The molecule has 0 N–H and O–H groups in total. The smallest absolute Gasteiger partial charge is 0.119 e. The number of ether oxygens (including phenoxy) is 11. The molecular formula is C90H124O11. The van der Waals surface area contributed by atoms with Gasteiger partial charge in [-0.2, -0.15) is 0 Å². The van der Waals surface area contributed by atoms with Crippen molar-refractivity contribution in [1.29, 1.82) is 0 Å². The second kappa shape index (κ2) is 59.4. The van der Waals surface area contributed by atoms with Gasteiger partial charge in [-0.15, -0.1) is 0 Å². The molecule has 2 aliphatic rings. The third-order valence-corrected chi connectivity index (χ3v) is 16.3. The van der Waals surface area contributed by atoms with Crippen molar-refractivity contribution in [3.63, 3.8) is 0 Å². The Bertz CT molecular complexity index is 3190. The fourth-order valence-electron chi connectivity index (χ4n) is 9.86. The van der Waals surface area contributed by atoms with E-state index in [1.54, 1.807) is 35.5 Å². The monoisotopic (exact) mass is 1380 g/mol. The molecule has 0 fully saturated rings.